The first-order valence-corrected chi connectivity index (χ1v) is 9.08. The third-order valence-corrected chi connectivity index (χ3v) is 5.79. The van der Waals surface area contributed by atoms with Gasteiger partial charge in [0.15, 0.2) is 0 Å². The van der Waals surface area contributed by atoms with Crippen molar-refractivity contribution < 1.29 is 13.2 Å². The van der Waals surface area contributed by atoms with Crippen LogP contribution in [0.25, 0.3) is 0 Å². The van der Waals surface area contributed by atoms with Crippen molar-refractivity contribution in [3.8, 4) is 0 Å². The second-order valence-corrected chi connectivity index (χ2v) is 7.49. The van der Waals surface area contributed by atoms with Crippen LogP contribution in [0, 0.1) is 0 Å². The molecule has 1 fully saturated rings. The van der Waals surface area contributed by atoms with Gasteiger partial charge in [-0.25, -0.2) is 8.42 Å². The maximum atomic E-state index is 12.4. The molecule has 2 aliphatic heterocycles. The molecule has 0 bridgehead atoms. The summed E-state index contributed by atoms with van der Waals surface area (Å²) in [4.78, 5) is 18.6. The molecule has 0 aliphatic carbocycles. The van der Waals surface area contributed by atoms with Crippen LogP contribution in [0.2, 0.25) is 0 Å². The Morgan fingerprint density at radius 2 is 2.04 bits per heavy atom. The van der Waals surface area contributed by atoms with Crippen LogP contribution in [0.1, 0.15) is 19.4 Å². The Hall–Kier alpha value is -1.64. The van der Waals surface area contributed by atoms with E-state index in [2.05, 4.69) is 15.0 Å². The fourth-order valence-corrected chi connectivity index (χ4v) is 4.15. The zero-order valence-electron chi connectivity index (χ0n) is 13.5. The van der Waals surface area contributed by atoms with Crippen molar-refractivity contribution in [2.24, 2.45) is 4.99 Å². The van der Waals surface area contributed by atoms with Gasteiger partial charge < -0.3 is 10.2 Å². The van der Waals surface area contributed by atoms with E-state index in [1.165, 1.54) is 6.07 Å². The lowest BCUT2D eigenvalue weighted by Gasteiger charge is -2.38. The van der Waals surface area contributed by atoms with E-state index in [-0.39, 0.29) is 47.7 Å². The fourth-order valence-electron chi connectivity index (χ4n) is 2.90. The summed E-state index contributed by atoms with van der Waals surface area (Å²) in [5, 5.41) is 3.32. The van der Waals surface area contributed by atoms with Crippen molar-refractivity contribution >= 4 is 34.2 Å². The molecule has 1 aromatic carbocycles. The van der Waals surface area contributed by atoms with E-state index in [1.807, 2.05) is 13.8 Å². The summed E-state index contributed by atoms with van der Waals surface area (Å²) >= 11 is 0. The monoisotopic (exact) mass is 372 g/mol. The van der Waals surface area contributed by atoms with E-state index in [9.17, 15) is 13.2 Å². The second-order valence-electron chi connectivity index (χ2n) is 5.84. The van der Waals surface area contributed by atoms with Crippen LogP contribution >= 0.6 is 12.4 Å². The molecular weight excluding hydrogens is 352 g/mol. The normalized spacial score (nSPS) is 26.4. The lowest BCUT2D eigenvalue weighted by molar-refractivity contribution is -0.133. The number of amidine groups is 1. The zero-order chi connectivity index (χ0) is 16.6. The Kier molecular flexibility index (Phi) is 5.52. The molecular formula is C15H21ClN4O3S. The van der Waals surface area contributed by atoms with Gasteiger partial charge in [0.25, 0.3) is 10.0 Å². The molecule has 2 N–H and O–H groups in total. The smallest absolute Gasteiger partial charge is 0.263 e. The van der Waals surface area contributed by atoms with Gasteiger partial charge in [-0.15, -0.1) is 12.4 Å². The minimum atomic E-state index is -3.56. The number of carbonyl (C=O) groups excluding carboxylic acids is 1. The number of piperazine rings is 1. The number of rotatable bonds is 2. The van der Waals surface area contributed by atoms with Crippen LogP contribution < -0.4 is 10.0 Å². The number of benzene rings is 1. The number of fused-ring (bicyclic) bond motifs is 1. The van der Waals surface area contributed by atoms with Crippen molar-refractivity contribution in [2.75, 3.05) is 19.6 Å². The first-order chi connectivity index (χ1) is 10.9. The largest absolute Gasteiger partial charge is 0.336 e. The van der Waals surface area contributed by atoms with Gasteiger partial charge in [0, 0.05) is 30.7 Å². The highest BCUT2D eigenvalue weighted by molar-refractivity contribution is 7.90. The van der Waals surface area contributed by atoms with Gasteiger partial charge in [-0.05, 0) is 26.0 Å². The zero-order valence-corrected chi connectivity index (χ0v) is 15.2. The summed E-state index contributed by atoms with van der Waals surface area (Å²) in [6.07, 6.45) is 0. The predicted molar refractivity (Wildman–Crippen MR) is 94.1 cm³/mol. The van der Waals surface area contributed by atoms with E-state index in [1.54, 1.807) is 23.1 Å². The molecule has 7 nitrogen and oxygen atoms in total. The molecule has 9 heteroatoms. The van der Waals surface area contributed by atoms with Crippen LogP contribution in [-0.4, -0.2) is 56.8 Å². The Balaban J connectivity index is 0.00000208. The van der Waals surface area contributed by atoms with Crippen LogP contribution in [-0.2, 0) is 14.8 Å². The van der Waals surface area contributed by atoms with Crippen molar-refractivity contribution in [1.29, 1.82) is 0 Å². The number of sulfonamides is 1. The summed E-state index contributed by atoms with van der Waals surface area (Å²) in [7, 11) is -3.56. The van der Waals surface area contributed by atoms with Gasteiger partial charge in [-0.2, -0.15) is 0 Å². The second kappa shape index (κ2) is 7.08. The molecule has 1 saturated heterocycles. The quantitative estimate of drug-likeness (QED) is 0.784. The highest BCUT2D eigenvalue weighted by Crippen LogP contribution is 2.22. The van der Waals surface area contributed by atoms with Gasteiger partial charge in [0.1, 0.15) is 12.4 Å². The first-order valence-electron chi connectivity index (χ1n) is 7.59. The number of carbonyl (C=O) groups is 1. The van der Waals surface area contributed by atoms with Crippen molar-refractivity contribution in [1.82, 2.24) is 14.9 Å². The number of hydrogen-bond acceptors (Lipinski definition) is 5. The number of nitrogens with zero attached hydrogens (tertiary/aromatic N) is 2. The highest BCUT2D eigenvalue weighted by atomic mass is 35.5. The summed E-state index contributed by atoms with van der Waals surface area (Å²) in [6, 6.07) is 6.94. The minimum absolute atomic E-state index is 0. The lowest BCUT2D eigenvalue weighted by Crippen LogP contribution is -2.57. The van der Waals surface area contributed by atoms with Gasteiger partial charge in [0.2, 0.25) is 5.91 Å². The third-order valence-electron chi connectivity index (χ3n) is 4.39. The fraction of sp³-hybridized carbons (Fsp3) is 0.467. The third kappa shape index (κ3) is 3.40. The van der Waals surface area contributed by atoms with E-state index in [0.29, 0.717) is 12.1 Å². The first kappa shape index (κ1) is 18.7. The summed E-state index contributed by atoms with van der Waals surface area (Å²) in [5.41, 5.74) is 0.516. The molecule has 24 heavy (non-hydrogen) atoms. The van der Waals surface area contributed by atoms with Crippen LogP contribution in [0.4, 0.5) is 0 Å². The predicted octanol–water partition coefficient (Wildman–Crippen LogP) is 0.356. The topological polar surface area (TPSA) is 90.9 Å². The molecule has 2 aliphatic rings. The molecule has 0 radical (unpaired) electrons. The van der Waals surface area contributed by atoms with Gasteiger partial charge >= 0.3 is 0 Å². The molecule has 2 atom stereocenters. The molecule has 2 unspecified atom stereocenters. The van der Waals surface area contributed by atoms with Crippen molar-refractivity contribution in [3.63, 3.8) is 0 Å². The molecule has 2 heterocycles. The van der Waals surface area contributed by atoms with Crippen molar-refractivity contribution in [3.05, 3.63) is 29.8 Å². The van der Waals surface area contributed by atoms with Crippen molar-refractivity contribution in [2.45, 2.75) is 30.8 Å². The maximum Gasteiger partial charge on any atom is 0.263 e. The molecule has 1 amide bonds. The Morgan fingerprint density at radius 3 is 2.79 bits per heavy atom. The Labute approximate surface area is 148 Å². The SMILES string of the molecule is CC1NCCN(C(=O)CN=C2NS(=O)(=O)c3ccccc32)C1C.Cl. The lowest BCUT2D eigenvalue weighted by atomic mass is 10.1. The molecule has 0 saturated carbocycles. The van der Waals surface area contributed by atoms with E-state index in [4.69, 9.17) is 0 Å². The average molecular weight is 373 g/mol. The number of aliphatic imine (C=N–C) groups is 1. The minimum Gasteiger partial charge on any atom is -0.336 e. The van der Waals surface area contributed by atoms with E-state index < -0.39 is 10.0 Å². The van der Waals surface area contributed by atoms with Gasteiger partial charge in [0.05, 0.1) is 4.90 Å². The number of halogens is 1. The summed E-state index contributed by atoms with van der Waals surface area (Å²) < 4.78 is 26.4. The standard InChI is InChI=1S/C15H20N4O3S.ClH/c1-10-11(2)19(8-7-16-10)14(20)9-17-15-12-5-3-4-6-13(12)23(21,22)18-15;/h3-6,10-11,16H,7-9H2,1-2H3,(H,17,18);1H. The molecule has 3 rings (SSSR count). The van der Waals surface area contributed by atoms with E-state index >= 15 is 0 Å². The molecule has 0 spiro atoms. The molecule has 0 aromatic heterocycles. The molecule has 132 valence electrons. The van der Waals surface area contributed by atoms with Crippen LogP contribution in [0.15, 0.2) is 34.2 Å². The van der Waals surface area contributed by atoms with Crippen LogP contribution in [0.5, 0.6) is 0 Å². The van der Waals surface area contributed by atoms with Gasteiger partial charge in [-0.3, -0.25) is 14.5 Å². The highest BCUT2D eigenvalue weighted by Gasteiger charge is 2.31. The van der Waals surface area contributed by atoms with Crippen LogP contribution in [0.3, 0.4) is 0 Å². The number of amides is 1. The average Bonchev–Trinajstić information content (AvgIpc) is 2.79. The number of hydrogen-bond donors (Lipinski definition) is 2. The summed E-state index contributed by atoms with van der Waals surface area (Å²) in [6.45, 7) is 5.36. The Morgan fingerprint density at radius 1 is 1.33 bits per heavy atom. The van der Waals surface area contributed by atoms with Gasteiger partial charge in [-0.1, -0.05) is 12.1 Å². The molecule has 1 aromatic rings. The van der Waals surface area contributed by atoms with E-state index in [0.717, 1.165) is 6.54 Å². The Bertz CT molecular complexity index is 766. The number of nitrogens with one attached hydrogen (secondary N) is 2. The maximum absolute atomic E-state index is 12.4. The summed E-state index contributed by atoms with van der Waals surface area (Å²) in [5.74, 6) is 0.145.